The fourth-order valence-electron chi connectivity index (χ4n) is 5.00. The number of hydrogen-bond donors (Lipinski definition) is 3. The molecule has 1 aliphatic heterocycles. The van der Waals surface area contributed by atoms with Gasteiger partial charge in [-0.25, -0.2) is 9.55 Å². The summed E-state index contributed by atoms with van der Waals surface area (Å²) in [7, 11) is -4.27. The Morgan fingerprint density at radius 3 is 2.73 bits per heavy atom. The number of imidazole rings is 1. The number of nitrogens with one attached hydrogen (secondary N) is 1. The molecule has 2 unspecified atom stereocenters. The number of carbonyl (C=O) groups excluding carboxylic acids is 1. The van der Waals surface area contributed by atoms with E-state index in [0.29, 0.717) is 5.39 Å². The van der Waals surface area contributed by atoms with Crippen molar-refractivity contribution < 1.29 is 37.4 Å². The van der Waals surface area contributed by atoms with Gasteiger partial charge in [-0.05, 0) is 23.9 Å². The molecule has 5 atom stereocenters. The maximum absolute atomic E-state index is 14.2. The van der Waals surface area contributed by atoms with Gasteiger partial charge in [0.15, 0.2) is 23.2 Å². The molecular weight excluding hydrogens is 606 g/mol. The second-order valence-corrected chi connectivity index (χ2v) is 12.2. The number of hydrogen-bond acceptors (Lipinski definition) is 11. The quantitative estimate of drug-likeness (QED) is 0.107. The molecule has 1 saturated heterocycles. The Bertz CT molecular complexity index is 1870. The lowest BCUT2D eigenvalue weighted by Gasteiger charge is -2.24. The van der Waals surface area contributed by atoms with E-state index in [4.69, 9.17) is 24.3 Å². The van der Waals surface area contributed by atoms with Crippen molar-refractivity contribution in [2.45, 2.75) is 44.4 Å². The number of nitrogen functional groups attached to an aromatic ring is 1. The highest BCUT2D eigenvalue weighted by molar-refractivity contribution is 7.52. The van der Waals surface area contributed by atoms with Crippen LogP contribution >= 0.6 is 7.75 Å². The van der Waals surface area contributed by atoms with E-state index in [9.17, 15) is 18.9 Å². The molecule has 0 radical (unpaired) electrons. The highest BCUT2D eigenvalue weighted by Crippen LogP contribution is 2.47. The third kappa shape index (κ3) is 6.80. The van der Waals surface area contributed by atoms with E-state index in [1.807, 2.05) is 60.7 Å². The monoisotopic (exact) mass is 636 g/mol. The summed E-state index contributed by atoms with van der Waals surface area (Å²) in [6.45, 7) is 1.21. The third-order valence-electron chi connectivity index (χ3n) is 7.19. The van der Waals surface area contributed by atoms with Crippen LogP contribution in [-0.4, -0.2) is 55.5 Å². The van der Waals surface area contributed by atoms with Gasteiger partial charge in [-0.2, -0.15) is 19.4 Å². The highest BCUT2D eigenvalue weighted by Gasteiger charge is 2.40. The predicted octanol–water partition coefficient (Wildman–Crippen LogP) is 4.27. The fraction of sp³-hybridized carbons (Fsp3) is 0.267. The molecule has 4 N–H and O–H groups in total. The first-order chi connectivity index (χ1) is 21.7. The van der Waals surface area contributed by atoms with Crippen molar-refractivity contribution in [2.75, 3.05) is 12.3 Å². The maximum Gasteiger partial charge on any atom is 0.459 e. The van der Waals surface area contributed by atoms with Crippen molar-refractivity contribution in [1.82, 2.24) is 24.6 Å². The van der Waals surface area contributed by atoms with E-state index in [2.05, 4.69) is 20.0 Å². The minimum absolute atomic E-state index is 0.0274. The normalized spacial score (nSPS) is 20.2. The number of benzene rings is 3. The Kier molecular flexibility index (Phi) is 8.74. The number of aliphatic hydroxyl groups is 1. The van der Waals surface area contributed by atoms with Gasteiger partial charge in [0.05, 0.1) is 19.0 Å². The summed E-state index contributed by atoms with van der Waals surface area (Å²) in [6, 6.07) is 20.7. The average molecular weight is 637 g/mol. The van der Waals surface area contributed by atoms with Crippen molar-refractivity contribution in [3.63, 3.8) is 0 Å². The molecule has 5 aromatic rings. The Balaban J connectivity index is 1.19. The van der Waals surface area contributed by atoms with E-state index in [-0.39, 0.29) is 42.4 Å². The molecule has 3 heterocycles. The summed E-state index contributed by atoms with van der Waals surface area (Å²) < 4.78 is 52.7. The van der Waals surface area contributed by atoms with Gasteiger partial charge in [-0.15, -0.1) is 0 Å². The van der Waals surface area contributed by atoms with Crippen LogP contribution in [0.25, 0.3) is 21.9 Å². The number of halogens is 1. The van der Waals surface area contributed by atoms with Gasteiger partial charge in [0.2, 0.25) is 0 Å². The standard InChI is InChI=1S/C30H30FN6O7P/c1-18(29(39)41-15-19-8-3-2-4-9-19)36-45(40,44-24-13-7-11-20-10-5-6-12-22(20)24)42-16-21-14-23(38)28(43-21)37-17-33-25-26(32)34-30(31)35-27(25)37/h2-13,17-18,21,23,28,38H,14-16H2,1H3,(H,36,40)(H2,32,34,35)/t18-,21-,23-,28?,45?/m0/s1. The maximum atomic E-state index is 14.2. The van der Waals surface area contributed by atoms with E-state index >= 15 is 0 Å². The molecule has 1 fully saturated rings. The van der Waals surface area contributed by atoms with Crippen LogP contribution in [0.1, 0.15) is 25.1 Å². The zero-order valence-electron chi connectivity index (χ0n) is 24.0. The summed E-state index contributed by atoms with van der Waals surface area (Å²) in [5.41, 5.74) is 6.74. The van der Waals surface area contributed by atoms with Gasteiger partial charge < -0.3 is 24.8 Å². The van der Waals surface area contributed by atoms with Crippen LogP contribution in [0.15, 0.2) is 79.1 Å². The molecular formula is C30H30FN6O7P. The van der Waals surface area contributed by atoms with Gasteiger partial charge >= 0.3 is 19.8 Å². The van der Waals surface area contributed by atoms with E-state index in [1.165, 1.54) is 17.8 Å². The van der Waals surface area contributed by atoms with Crippen LogP contribution in [0.4, 0.5) is 10.2 Å². The van der Waals surface area contributed by atoms with Crippen molar-refractivity contribution in [3.05, 3.63) is 90.8 Å². The van der Waals surface area contributed by atoms with Crippen LogP contribution in [0, 0.1) is 6.08 Å². The molecule has 1 aliphatic rings. The first-order valence-electron chi connectivity index (χ1n) is 14.1. The molecule has 0 amide bonds. The van der Waals surface area contributed by atoms with Crippen LogP contribution in [0.2, 0.25) is 0 Å². The first-order valence-corrected chi connectivity index (χ1v) is 15.6. The van der Waals surface area contributed by atoms with E-state index in [1.54, 1.807) is 12.1 Å². The second kappa shape index (κ2) is 12.9. The van der Waals surface area contributed by atoms with Crippen LogP contribution < -0.4 is 15.3 Å². The number of esters is 1. The minimum atomic E-state index is -4.27. The molecule has 2 aromatic heterocycles. The molecule has 234 valence electrons. The SMILES string of the molecule is C[C@H](NP(=O)(OC[C@@H]1C[C@H](O)C(n2cnc3c(N)nc(F)nc32)O1)Oc1cccc2ccccc12)C(=O)OCc1ccccc1. The average Bonchev–Trinajstić information content (AvgIpc) is 3.62. The molecule has 15 heteroatoms. The van der Waals surface area contributed by atoms with Crippen LogP contribution in [0.3, 0.4) is 0 Å². The molecule has 6 rings (SSSR count). The molecule has 0 saturated carbocycles. The zero-order valence-corrected chi connectivity index (χ0v) is 24.9. The lowest BCUT2D eigenvalue weighted by atomic mass is 10.1. The first kappa shape index (κ1) is 30.6. The number of ether oxygens (including phenoxy) is 2. The molecule has 13 nitrogen and oxygen atoms in total. The Labute approximate surface area is 256 Å². The number of nitrogens with two attached hydrogens (primary N) is 1. The molecule has 0 spiro atoms. The Morgan fingerprint density at radius 1 is 1.16 bits per heavy atom. The summed E-state index contributed by atoms with van der Waals surface area (Å²) in [5, 5.41) is 15.0. The number of fused-ring (bicyclic) bond motifs is 2. The van der Waals surface area contributed by atoms with Crippen molar-refractivity contribution in [1.29, 1.82) is 0 Å². The van der Waals surface area contributed by atoms with Crippen LogP contribution in [0.5, 0.6) is 5.75 Å². The number of aliphatic hydroxyl groups excluding tert-OH is 1. The number of anilines is 1. The van der Waals surface area contributed by atoms with Crippen molar-refractivity contribution in [2.24, 2.45) is 0 Å². The molecule has 45 heavy (non-hydrogen) atoms. The summed E-state index contributed by atoms with van der Waals surface area (Å²) in [5.74, 6) is -0.557. The summed E-state index contributed by atoms with van der Waals surface area (Å²) >= 11 is 0. The number of rotatable bonds is 11. The van der Waals surface area contributed by atoms with Gasteiger partial charge in [0, 0.05) is 11.8 Å². The van der Waals surface area contributed by atoms with Gasteiger partial charge in [-0.1, -0.05) is 66.7 Å². The van der Waals surface area contributed by atoms with Crippen molar-refractivity contribution >= 4 is 41.5 Å². The summed E-state index contributed by atoms with van der Waals surface area (Å²) in [6.07, 6.45) is -2.55. The smallest absolute Gasteiger partial charge is 0.459 e. The lowest BCUT2D eigenvalue weighted by Crippen LogP contribution is -2.35. The summed E-state index contributed by atoms with van der Waals surface area (Å²) in [4.78, 5) is 24.2. The topological polar surface area (TPSA) is 173 Å². The van der Waals surface area contributed by atoms with Gasteiger partial charge in [-0.3, -0.25) is 13.9 Å². The van der Waals surface area contributed by atoms with Crippen LogP contribution in [-0.2, 0) is 30.0 Å². The largest absolute Gasteiger partial charge is 0.460 e. The number of aromatic nitrogens is 4. The predicted molar refractivity (Wildman–Crippen MR) is 161 cm³/mol. The van der Waals surface area contributed by atoms with Crippen molar-refractivity contribution in [3.8, 4) is 5.75 Å². The third-order valence-corrected chi connectivity index (χ3v) is 8.82. The highest BCUT2D eigenvalue weighted by atomic mass is 31.2. The minimum Gasteiger partial charge on any atom is -0.460 e. The second-order valence-electron chi connectivity index (χ2n) is 10.5. The number of nitrogens with zero attached hydrogens (tertiary/aromatic N) is 4. The Morgan fingerprint density at radius 2 is 1.91 bits per heavy atom. The molecule has 0 aliphatic carbocycles. The van der Waals surface area contributed by atoms with E-state index < -0.39 is 44.3 Å². The van der Waals surface area contributed by atoms with Gasteiger partial charge in [0.1, 0.15) is 24.5 Å². The lowest BCUT2D eigenvalue weighted by molar-refractivity contribution is -0.146. The van der Waals surface area contributed by atoms with Gasteiger partial charge in [0.25, 0.3) is 0 Å². The molecule has 0 bridgehead atoms. The number of carbonyl (C=O) groups is 1. The Hall–Kier alpha value is -4.46. The fourth-order valence-corrected chi connectivity index (χ4v) is 6.54. The zero-order chi connectivity index (χ0) is 31.6. The molecule has 3 aromatic carbocycles. The van der Waals surface area contributed by atoms with E-state index in [0.717, 1.165) is 10.9 Å².